The van der Waals surface area contributed by atoms with E-state index >= 15 is 0 Å². The van der Waals surface area contributed by atoms with Gasteiger partial charge in [-0.05, 0) is 55.5 Å². The van der Waals surface area contributed by atoms with E-state index in [-0.39, 0.29) is 0 Å². The summed E-state index contributed by atoms with van der Waals surface area (Å²) in [7, 11) is 0. The van der Waals surface area contributed by atoms with Gasteiger partial charge in [-0.3, -0.25) is 0 Å². The van der Waals surface area contributed by atoms with Gasteiger partial charge in [0.15, 0.2) is 0 Å². The van der Waals surface area contributed by atoms with Crippen LogP contribution in [0, 0.1) is 0 Å². The molecule has 0 radical (unpaired) electrons. The molecule has 2 rings (SSSR count). The fraction of sp³-hybridized carbons (Fsp3) is 0.500. The van der Waals surface area contributed by atoms with Crippen molar-refractivity contribution >= 4 is 0 Å². The fourth-order valence-electron chi connectivity index (χ4n) is 1.91. The lowest BCUT2D eigenvalue weighted by Crippen LogP contribution is -2.06. The predicted octanol–water partition coefficient (Wildman–Crippen LogP) is 1.90. The van der Waals surface area contributed by atoms with Gasteiger partial charge in [0.05, 0.1) is 6.61 Å². The minimum Gasteiger partial charge on any atom is -0.494 e. The molecule has 1 aliphatic carbocycles. The Morgan fingerprint density at radius 1 is 1.21 bits per heavy atom. The van der Waals surface area contributed by atoms with Crippen molar-refractivity contribution in [2.75, 3.05) is 13.2 Å². The molecule has 0 unspecified atom stereocenters. The highest BCUT2D eigenvalue weighted by molar-refractivity contribution is 5.38. The Hall–Kier alpha value is -1.02. The molecule has 14 heavy (non-hydrogen) atoms. The van der Waals surface area contributed by atoms with Crippen LogP contribution >= 0.6 is 0 Å². The van der Waals surface area contributed by atoms with Crippen molar-refractivity contribution in [3.05, 3.63) is 29.3 Å². The maximum Gasteiger partial charge on any atom is 0.119 e. The number of nitrogens with two attached hydrogens (primary N) is 1. The Balaban J connectivity index is 1.98. The Morgan fingerprint density at radius 2 is 2.07 bits per heavy atom. The van der Waals surface area contributed by atoms with E-state index in [9.17, 15) is 0 Å². The van der Waals surface area contributed by atoms with Crippen LogP contribution in [0.1, 0.15) is 24.0 Å². The molecule has 2 heteroatoms. The summed E-state index contributed by atoms with van der Waals surface area (Å²) in [6, 6.07) is 6.44. The largest absolute Gasteiger partial charge is 0.494 e. The molecule has 0 spiro atoms. The molecule has 0 aliphatic heterocycles. The third kappa shape index (κ3) is 2.07. The maximum atomic E-state index is 5.59. The van der Waals surface area contributed by atoms with Crippen molar-refractivity contribution in [2.45, 2.75) is 25.7 Å². The van der Waals surface area contributed by atoms with Crippen molar-refractivity contribution in [1.82, 2.24) is 0 Å². The molecule has 2 nitrogen and oxygen atoms in total. The lowest BCUT2D eigenvalue weighted by Gasteiger charge is -2.07. The first-order valence-corrected chi connectivity index (χ1v) is 5.35. The smallest absolute Gasteiger partial charge is 0.119 e. The van der Waals surface area contributed by atoms with E-state index in [1.807, 2.05) is 0 Å². The third-order valence-corrected chi connectivity index (χ3v) is 2.69. The normalized spacial score (nSPS) is 14.1. The van der Waals surface area contributed by atoms with Crippen LogP contribution in [-0.4, -0.2) is 13.2 Å². The number of aryl methyl sites for hydroxylation is 2. The van der Waals surface area contributed by atoms with Gasteiger partial charge in [-0.2, -0.15) is 0 Å². The summed E-state index contributed by atoms with van der Waals surface area (Å²) in [6.45, 7) is 1.43. The SMILES string of the molecule is NCCCOc1ccc2c(c1)CCC2. The van der Waals surface area contributed by atoms with E-state index in [0.717, 1.165) is 18.8 Å². The summed E-state index contributed by atoms with van der Waals surface area (Å²) in [4.78, 5) is 0. The zero-order valence-electron chi connectivity index (χ0n) is 8.46. The van der Waals surface area contributed by atoms with Crippen LogP contribution in [0.25, 0.3) is 0 Å². The number of hydrogen-bond acceptors (Lipinski definition) is 2. The lowest BCUT2D eigenvalue weighted by molar-refractivity contribution is 0.313. The minimum absolute atomic E-state index is 0.699. The highest BCUT2D eigenvalue weighted by Gasteiger charge is 2.10. The van der Waals surface area contributed by atoms with Crippen LogP contribution in [0.5, 0.6) is 5.75 Å². The van der Waals surface area contributed by atoms with Crippen LogP contribution in [0.4, 0.5) is 0 Å². The predicted molar refractivity (Wildman–Crippen MR) is 57.6 cm³/mol. The first-order chi connectivity index (χ1) is 6.90. The van der Waals surface area contributed by atoms with Gasteiger partial charge in [0.1, 0.15) is 5.75 Å². The topological polar surface area (TPSA) is 35.2 Å². The molecule has 0 heterocycles. The number of benzene rings is 1. The highest BCUT2D eigenvalue weighted by Crippen LogP contribution is 2.25. The number of ether oxygens (including phenoxy) is 1. The summed E-state index contributed by atoms with van der Waals surface area (Å²) in [6.07, 6.45) is 4.67. The van der Waals surface area contributed by atoms with Crippen LogP contribution < -0.4 is 10.5 Å². The van der Waals surface area contributed by atoms with Crippen molar-refractivity contribution in [2.24, 2.45) is 5.73 Å². The van der Waals surface area contributed by atoms with Gasteiger partial charge in [-0.15, -0.1) is 0 Å². The van der Waals surface area contributed by atoms with E-state index < -0.39 is 0 Å². The average molecular weight is 191 g/mol. The Labute approximate surface area is 85.1 Å². The van der Waals surface area contributed by atoms with Crippen molar-refractivity contribution in [3.8, 4) is 5.75 Å². The van der Waals surface area contributed by atoms with Crippen LogP contribution in [0.3, 0.4) is 0 Å². The van der Waals surface area contributed by atoms with Gasteiger partial charge in [0.2, 0.25) is 0 Å². The molecule has 0 bridgehead atoms. The Bertz CT molecular complexity index is 309. The average Bonchev–Trinajstić information content (AvgIpc) is 2.65. The van der Waals surface area contributed by atoms with E-state index in [4.69, 9.17) is 10.5 Å². The van der Waals surface area contributed by atoms with E-state index in [0.29, 0.717) is 6.54 Å². The quantitative estimate of drug-likeness (QED) is 0.738. The number of hydrogen-bond donors (Lipinski definition) is 1. The van der Waals surface area contributed by atoms with E-state index in [2.05, 4.69) is 18.2 Å². The second kappa shape index (κ2) is 4.47. The summed E-state index contributed by atoms with van der Waals surface area (Å²) < 4.78 is 5.59. The van der Waals surface area contributed by atoms with Gasteiger partial charge in [-0.1, -0.05) is 6.07 Å². The molecule has 76 valence electrons. The van der Waals surface area contributed by atoms with Crippen LogP contribution in [0.2, 0.25) is 0 Å². The number of rotatable bonds is 4. The summed E-state index contributed by atoms with van der Waals surface area (Å²) >= 11 is 0. The second-order valence-corrected chi connectivity index (χ2v) is 3.77. The standard InChI is InChI=1S/C12H17NO/c13-7-2-8-14-12-6-5-10-3-1-4-11(10)9-12/h5-6,9H,1-4,7-8,13H2. The first-order valence-electron chi connectivity index (χ1n) is 5.35. The van der Waals surface area contributed by atoms with Crippen molar-refractivity contribution < 1.29 is 4.74 Å². The minimum atomic E-state index is 0.699. The van der Waals surface area contributed by atoms with Gasteiger partial charge < -0.3 is 10.5 Å². The zero-order chi connectivity index (χ0) is 9.80. The Kier molecular flexibility index (Phi) is 3.04. The maximum absolute atomic E-state index is 5.59. The van der Waals surface area contributed by atoms with Gasteiger partial charge >= 0.3 is 0 Å². The molecule has 0 saturated carbocycles. The summed E-state index contributed by atoms with van der Waals surface area (Å²) in [5.74, 6) is 0.999. The van der Waals surface area contributed by atoms with Crippen molar-refractivity contribution in [3.63, 3.8) is 0 Å². The fourth-order valence-corrected chi connectivity index (χ4v) is 1.91. The van der Waals surface area contributed by atoms with Gasteiger partial charge in [0.25, 0.3) is 0 Å². The number of fused-ring (bicyclic) bond motifs is 1. The molecule has 2 N–H and O–H groups in total. The molecular formula is C12H17NO. The lowest BCUT2D eigenvalue weighted by atomic mass is 10.1. The summed E-state index contributed by atoms with van der Waals surface area (Å²) in [5, 5.41) is 0. The third-order valence-electron chi connectivity index (χ3n) is 2.69. The summed E-state index contributed by atoms with van der Waals surface area (Å²) in [5.41, 5.74) is 8.37. The molecule has 0 fully saturated rings. The molecule has 0 saturated heterocycles. The second-order valence-electron chi connectivity index (χ2n) is 3.77. The first kappa shape index (κ1) is 9.53. The monoisotopic (exact) mass is 191 g/mol. The molecule has 1 aromatic rings. The van der Waals surface area contributed by atoms with E-state index in [1.54, 1.807) is 0 Å². The Morgan fingerprint density at radius 3 is 2.93 bits per heavy atom. The zero-order valence-corrected chi connectivity index (χ0v) is 8.46. The molecule has 0 amide bonds. The van der Waals surface area contributed by atoms with Gasteiger partial charge in [0, 0.05) is 0 Å². The van der Waals surface area contributed by atoms with Crippen LogP contribution in [0.15, 0.2) is 18.2 Å². The highest BCUT2D eigenvalue weighted by atomic mass is 16.5. The van der Waals surface area contributed by atoms with E-state index in [1.165, 1.54) is 30.4 Å². The molecule has 1 aromatic carbocycles. The molecule has 0 atom stereocenters. The molecular weight excluding hydrogens is 174 g/mol. The van der Waals surface area contributed by atoms with Crippen LogP contribution in [-0.2, 0) is 12.8 Å². The van der Waals surface area contributed by atoms with Gasteiger partial charge in [-0.25, -0.2) is 0 Å². The molecule has 1 aliphatic rings. The van der Waals surface area contributed by atoms with Crippen molar-refractivity contribution in [1.29, 1.82) is 0 Å². The molecule has 0 aromatic heterocycles.